The molecule has 0 fully saturated rings. The van der Waals surface area contributed by atoms with Crippen molar-refractivity contribution in [3.63, 3.8) is 0 Å². The first-order valence-electron chi connectivity index (χ1n) is 7.64. The Morgan fingerprint density at radius 3 is 2.64 bits per heavy atom. The van der Waals surface area contributed by atoms with Crippen LogP contribution >= 0.6 is 11.6 Å². The third kappa shape index (κ3) is 4.16. The van der Waals surface area contributed by atoms with Gasteiger partial charge in [-0.1, -0.05) is 41.9 Å². The van der Waals surface area contributed by atoms with Crippen molar-refractivity contribution in [1.82, 2.24) is 5.32 Å². The molecule has 0 saturated carbocycles. The molecule has 1 atom stereocenters. The van der Waals surface area contributed by atoms with Crippen molar-refractivity contribution >= 4 is 35.1 Å². The second-order valence-electron chi connectivity index (χ2n) is 5.56. The van der Waals surface area contributed by atoms with Crippen LogP contribution in [0.15, 0.2) is 48.5 Å². The van der Waals surface area contributed by atoms with E-state index in [0.29, 0.717) is 10.7 Å². The molecule has 2 aromatic rings. The van der Waals surface area contributed by atoms with E-state index in [2.05, 4.69) is 10.6 Å². The lowest BCUT2D eigenvalue weighted by molar-refractivity contribution is -0.146. The molecule has 0 unspecified atom stereocenters. The second kappa shape index (κ2) is 7.36. The number of benzene rings is 2. The van der Waals surface area contributed by atoms with E-state index in [1.54, 1.807) is 12.1 Å². The number of halogens is 1. The first kappa shape index (κ1) is 17.0. The fourth-order valence-electron chi connectivity index (χ4n) is 2.44. The maximum Gasteiger partial charge on any atom is 0.308 e. The third-order valence-electron chi connectivity index (χ3n) is 3.72. The summed E-state index contributed by atoms with van der Waals surface area (Å²) >= 11 is 5.88. The predicted molar refractivity (Wildman–Crippen MR) is 92.2 cm³/mol. The summed E-state index contributed by atoms with van der Waals surface area (Å²) in [5, 5.41) is 5.53. The molecular weight excluding hydrogens is 344 g/mol. The van der Waals surface area contributed by atoms with E-state index >= 15 is 0 Å². The molecule has 0 radical (unpaired) electrons. The van der Waals surface area contributed by atoms with Crippen molar-refractivity contribution in [2.45, 2.75) is 19.1 Å². The third-order valence-corrected chi connectivity index (χ3v) is 3.95. The molecule has 1 aliphatic rings. The summed E-state index contributed by atoms with van der Waals surface area (Å²) in [6, 6.07) is 12.8. The minimum atomic E-state index is -1.01. The van der Waals surface area contributed by atoms with Crippen LogP contribution in [0.2, 0.25) is 5.02 Å². The first-order chi connectivity index (χ1) is 12.0. The second-order valence-corrected chi connectivity index (χ2v) is 5.99. The number of carbonyl (C=O) groups is 3. The Balaban J connectivity index is 1.64. The van der Waals surface area contributed by atoms with Crippen LogP contribution in [0.5, 0.6) is 0 Å². The molecular formula is C18H15ClN2O4. The lowest BCUT2D eigenvalue weighted by atomic mass is 10.1. The fourth-order valence-corrected chi connectivity index (χ4v) is 2.61. The van der Waals surface area contributed by atoms with Crippen LogP contribution < -0.4 is 10.6 Å². The number of amides is 2. The summed E-state index contributed by atoms with van der Waals surface area (Å²) in [4.78, 5) is 36.5. The Labute approximate surface area is 149 Å². The number of hydrogen-bond acceptors (Lipinski definition) is 4. The predicted octanol–water partition coefficient (Wildman–Crippen LogP) is 2.52. The molecule has 7 heteroatoms. The van der Waals surface area contributed by atoms with Gasteiger partial charge in [-0.25, -0.2) is 0 Å². The van der Waals surface area contributed by atoms with Crippen LogP contribution in [-0.2, 0) is 20.9 Å². The Morgan fingerprint density at radius 2 is 1.88 bits per heavy atom. The largest absolute Gasteiger partial charge is 0.461 e. The number of nitrogens with one attached hydrogen (secondary N) is 2. The van der Waals surface area contributed by atoms with Gasteiger partial charge in [-0.3, -0.25) is 14.4 Å². The summed E-state index contributed by atoms with van der Waals surface area (Å²) < 4.78 is 5.16. The lowest BCUT2D eigenvalue weighted by Crippen LogP contribution is -2.42. The Morgan fingerprint density at radius 1 is 1.12 bits per heavy atom. The van der Waals surface area contributed by atoms with Gasteiger partial charge in [0.2, 0.25) is 5.91 Å². The van der Waals surface area contributed by atoms with E-state index < -0.39 is 23.8 Å². The molecule has 0 spiro atoms. The summed E-state index contributed by atoms with van der Waals surface area (Å²) in [6.45, 7) is 0.109. The van der Waals surface area contributed by atoms with Crippen LogP contribution in [0.1, 0.15) is 22.3 Å². The molecule has 0 aromatic heterocycles. The summed E-state index contributed by atoms with van der Waals surface area (Å²) in [7, 11) is 0. The molecule has 1 heterocycles. The number of rotatable bonds is 4. The van der Waals surface area contributed by atoms with E-state index in [4.69, 9.17) is 16.3 Å². The quantitative estimate of drug-likeness (QED) is 0.822. The highest BCUT2D eigenvalue weighted by molar-refractivity contribution is 6.31. The molecule has 3 rings (SSSR count). The van der Waals surface area contributed by atoms with E-state index in [-0.39, 0.29) is 18.6 Å². The van der Waals surface area contributed by atoms with Crippen LogP contribution in [0, 0.1) is 0 Å². The maximum atomic E-state index is 12.3. The highest BCUT2D eigenvalue weighted by atomic mass is 35.5. The van der Waals surface area contributed by atoms with Crippen LogP contribution in [0.4, 0.5) is 5.69 Å². The molecule has 2 amide bonds. The van der Waals surface area contributed by atoms with Crippen molar-refractivity contribution in [2.75, 3.05) is 5.32 Å². The van der Waals surface area contributed by atoms with E-state index in [1.807, 2.05) is 30.3 Å². The average Bonchev–Trinajstić information content (AvgIpc) is 2.71. The van der Waals surface area contributed by atoms with Gasteiger partial charge in [0.25, 0.3) is 5.91 Å². The number of anilines is 1. The Kier molecular flexibility index (Phi) is 5.00. The van der Waals surface area contributed by atoms with E-state index in [0.717, 1.165) is 5.56 Å². The summed E-state index contributed by atoms with van der Waals surface area (Å²) in [5.74, 6) is -1.53. The zero-order chi connectivity index (χ0) is 17.8. The van der Waals surface area contributed by atoms with Gasteiger partial charge in [0.15, 0.2) is 0 Å². The summed E-state index contributed by atoms with van der Waals surface area (Å²) in [5.41, 5.74) is 1.44. The number of fused-ring (bicyclic) bond motifs is 1. The first-order valence-corrected chi connectivity index (χ1v) is 8.01. The standard InChI is InChI=1S/C18H15ClN2O4/c19-12-6-7-14-13(8-12)17(23)21-15(18(24)20-14)9-16(22)25-10-11-4-2-1-3-5-11/h1-8,15H,9-10H2,(H,20,24)(H,21,23)/t15-/m0/s1. The van der Waals surface area contributed by atoms with Crippen LogP contribution in [0.25, 0.3) is 0 Å². The number of ether oxygens (including phenoxy) is 1. The molecule has 2 aromatic carbocycles. The SMILES string of the molecule is O=C(C[C@@H]1NC(=O)c2cc(Cl)ccc2NC1=O)OCc1ccccc1. The van der Waals surface area contributed by atoms with Gasteiger partial charge in [0, 0.05) is 5.02 Å². The zero-order valence-electron chi connectivity index (χ0n) is 13.1. The van der Waals surface area contributed by atoms with Crippen molar-refractivity contribution < 1.29 is 19.1 Å². The van der Waals surface area contributed by atoms with Crippen LogP contribution in [-0.4, -0.2) is 23.8 Å². The smallest absolute Gasteiger partial charge is 0.308 e. The van der Waals surface area contributed by atoms with Gasteiger partial charge in [-0.15, -0.1) is 0 Å². The lowest BCUT2D eigenvalue weighted by Gasteiger charge is -2.14. The Hall–Kier alpha value is -2.86. The molecule has 25 heavy (non-hydrogen) atoms. The van der Waals surface area contributed by atoms with Gasteiger partial charge in [0.1, 0.15) is 12.6 Å². The highest BCUT2D eigenvalue weighted by Crippen LogP contribution is 2.23. The number of hydrogen-bond donors (Lipinski definition) is 2. The van der Waals surface area contributed by atoms with Crippen molar-refractivity contribution in [3.05, 3.63) is 64.7 Å². The molecule has 6 nitrogen and oxygen atoms in total. The Bertz CT molecular complexity index is 823. The normalized spacial score (nSPS) is 16.3. The fraction of sp³-hybridized carbons (Fsp3) is 0.167. The van der Waals surface area contributed by atoms with E-state index in [9.17, 15) is 14.4 Å². The molecule has 2 N–H and O–H groups in total. The van der Waals surface area contributed by atoms with Crippen molar-refractivity contribution in [3.8, 4) is 0 Å². The van der Waals surface area contributed by atoms with E-state index in [1.165, 1.54) is 6.07 Å². The molecule has 0 aliphatic carbocycles. The highest BCUT2D eigenvalue weighted by Gasteiger charge is 2.30. The van der Waals surface area contributed by atoms with Gasteiger partial charge >= 0.3 is 5.97 Å². The van der Waals surface area contributed by atoms with Gasteiger partial charge in [-0.05, 0) is 23.8 Å². The van der Waals surface area contributed by atoms with Gasteiger partial charge < -0.3 is 15.4 Å². The van der Waals surface area contributed by atoms with Gasteiger partial charge in [-0.2, -0.15) is 0 Å². The molecule has 128 valence electrons. The minimum Gasteiger partial charge on any atom is -0.461 e. The molecule has 1 aliphatic heterocycles. The van der Waals surface area contributed by atoms with Crippen molar-refractivity contribution in [2.24, 2.45) is 0 Å². The maximum absolute atomic E-state index is 12.3. The monoisotopic (exact) mass is 358 g/mol. The van der Waals surface area contributed by atoms with Gasteiger partial charge in [0.05, 0.1) is 17.7 Å². The minimum absolute atomic E-state index is 0.109. The number of carbonyl (C=O) groups excluding carboxylic acids is 3. The summed E-state index contributed by atoms with van der Waals surface area (Å²) in [6.07, 6.45) is -0.258. The van der Waals surface area contributed by atoms with Crippen molar-refractivity contribution in [1.29, 1.82) is 0 Å². The molecule has 0 saturated heterocycles. The van der Waals surface area contributed by atoms with Crippen LogP contribution in [0.3, 0.4) is 0 Å². The topological polar surface area (TPSA) is 84.5 Å². The number of esters is 1. The zero-order valence-corrected chi connectivity index (χ0v) is 13.9. The molecule has 0 bridgehead atoms. The average molecular weight is 359 g/mol.